The summed E-state index contributed by atoms with van der Waals surface area (Å²) in [4.78, 5) is 52.9. The van der Waals surface area contributed by atoms with Crippen molar-refractivity contribution in [1.29, 1.82) is 0 Å². The summed E-state index contributed by atoms with van der Waals surface area (Å²) in [5, 5.41) is 3.19. The number of hydrogen-bond acceptors (Lipinski definition) is 6. The number of carbonyl (C=O) groups excluding carboxylic acids is 3. The Balaban J connectivity index is 1.51. The molecule has 1 heterocycles. The second-order valence-electron chi connectivity index (χ2n) is 7.36. The number of ketones is 1. The standard InChI is InChI=1S/C24H25N3O5/c1-2-3-4-9-22(29)26-18-12-10-17(11-13-18)21(28)15-32-23(30)14-27-16-25-20-8-6-5-7-19(20)24(27)31/h5-8,10-13,16H,2-4,9,14-15H2,1H3,(H,26,29). The Kier molecular flexibility index (Phi) is 7.85. The highest BCUT2D eigenvalue weighted by atomic mass is 16.5. The van der Waals surface area contributed by atoms with Crippen LogP contribution in [-0.2, 0) is 20.9 Å². The van der Waals surface area contributed by atoms with Gasteiger partial charge in [0.15, 0.2) is 12.4 Å². The van der Waals surface area contributed by atoms with Crippen LogP contribution in [0.4, 0.5) is 5.69 Å². The SMILES string of the molecule is CCCCCC(=O)Nc1ccc(C(=O)COC(=O)Cn2cnc3ccccc3c2=O)cc1. The molecule has 0 atom stereocenters. The van der Waals surface area contributed by atoms with E-state index in [1.165, 1.54) is 6.33 Å². The molecule has 0 aliphatic heterocycles. The molecule has 1 aromatic heterocycles. The molecule has 2 aromatic carbocycles. The maximum Gasteiger partial charge on any atom is 0.326 e. The Hall–Kier alpha value is -3.81. The fourth-order valence-corrected chi connectivity index (χ4v) is 3.13. The molecule has 1 N–H and O–H groups in total. The molecule has 32 heavy (non-hydrogen) atoms. The van der Waals surface area contributed by atoms with Crippen molar-refractivity contribution in [3.63, 3.8) is 0 Å². The average Bonchev–Trinajstić information content (AvgIpc) is 2.80. The zero-order chi connectivity index (χ0) is 22.9. The van der Waals surface area contributed by atoms with E-state index >= 15 is 0 Å². The van der Waals surface area contributed by atoms with Crippen LogP contribution in [0.3, 0.4) is 0 Å². The first kappa shape index (κ1) is 22.9. The number of unbranched alkanes of at least 4 members (excludes halogenated alkanes) is 2. The van der Waals surface area contributed by atoms with Crippen LogP contribution in [0.15, 0.2) is 59.7 Å². The lowest BCUT2D eigenvalue weighted by atomic mass is 10.1. The molecule has 0 aliphatic carbocycles. The third kappa shape index (κ3) is 6.10. The maximum atomic E-state index is 12.4. The Morgan fingerprint density at radius 2 is 1.78 bits per heavy atom. The zero-order valence-corrected chi connectivity index (χ0v) is 17.9. The molecule has 0 spiro atoms. The van der Waals surface area contributed by atoms with E-state index in [0.29, 0.717) is 28.6 Å². The van der Waals surface area contributed by atoms with Gasteiger partial charge in [0.1, 0.15) is 6.54 Å². The lowest BCUT2D eigenvalue weighted by molar-refractivity contribution is -0.143. The van der Waals surface area contributed by atoms with Crippen LogP contribution in [0.2, 0.25) is 0 Å². The molecule has 8 nitrogen and oxygen atoms in total. The lowest BCUT2D eigenvalue weighted by Gasteiger charge is -2.08. The quantitative estimate of drug-likeness (QED) is 0.297. The van der Waals surface area contributed by atoms with E-state index in [1.54, 1.807) is 48.5 Å². The Morgan fingerprint density at radius 1 is 1.03 bits per heavy atom. The number of hydrogen-bond donors (Lipinski definition) is 1. The fraction of sp³-hybridized carbons (Fsp3) is 0.292. The summed E-state index contributed by atoms with van der Waals surface area (Å²) in [5.41, 5.74) is 1.14. The highest BCUT2D eigenvalue weighted by molar-refractivity contribution is 5.98. The predicted octanol–water partition coefficient (Wildman–Crippen LogP) is 3.34. The topological polar surface area (TPSA) is 107 Å². The van der Waals surface area contributed by atoms with Gasteiger partial charge in [-0.3, -0.25) is 23.7 Å². The summed E-state index contributed by atoms with van der Waals surface area (Å²) < 4.78 is 6.18. The minimum atomic E-state index is -0.714. The van der Waals surface area contributed by atoms with E-state index in [2.05, 4.69) is 17.2 Å². The Labute approximate surface area is 185 Å². The van der Waals surface area contributed by atoms with Gasteiger partial charge in [-0.15, -0.1) is 0 Å². The van der Waals surface area contributed by atoms with Gasteiger partial charge in [-0.05, 0) is 42.8 Å². The summed E-state index contributed by atoms with van der Waals surface area (Å²) in [6, 6.07) is 13.2. The van der Waals surface area contributed by atoms with Crippen LogP contribution in [0, 0.1) is 0 Å². The van der Waals surface area contributed by atoms with Gasteiger partial charge in [0.2, 0.25) is 5.91 Å². The summed E-state index contributed by atoms with van der Waals surface area (Å²) in [6.07, 6.45) is 4.63. The van der Waals surface area contributed by atoms with Crippen molar-refractivity contribution in [2.24, 2.45) is 0 Å². The van der Waals surface area contributed by atoms with Crippen LogP contribution < -0.4 is 10.9 Å². The van der Waals surface area contributed by atoms with Crippen molar-refractivity contribution < 1.29 is 19.1 Å². The molecule has 166 valence electrons. The number of aromatic nitrogens is 2. The molecule has 0 fully saturated rings. The number of para-hydroxylation sites is 1. The van der Waals surface area contributed by atoms with Gasteiger partial charge >= 0.3 is 5.97 Å². The molecule has 0 bridgehead atoms. The van der Waals surface area contributed by atoms with Crippen molar-refractivity contribution in [1.82, 2.24) is 9.55 Å². The molecular formula is C24H25N3O5. The summed E-state index contributed by atoms with van der Waals surface area (Å²) in [7, 11) is 0. The van der Waals surface area contributed by atoms with Crippen LogP contribution in [0.5, 0.6) is 0 Å². The number of benzene rings is 2. The first-order valence-electron chi connectivity index (χ1n) is 10.5. The molecule has 0 aliphatic rings. The first-order chi connectivity index (χ1) is 15.5. The fourth-order valence-electron chi connectivity index (χ4n) is 3.13. The number of carbonyl (C=O) groups is 3. The van der Waals surface area contributed by atoms with E-state index in [1.807, 2.05) is 0 Å². The van der Waals surface area contributed by atoms with Gasteiger partial charge in [0, 0.05) is 17.7 Å². The van der Waals surface area contributed by atoms with Gasteiger partial charge in [-0.1, -0.05) is 31.9 Å². The molecule has 3 aromatic rings. The third-order valence-electron chi connectivity index (χ3n) is 4.89. The Morgan fingerprint density at radius 3 is 2.53 bits per heavy atom. The number of anilines is 1. The molecule has 1 amide bonds. The molecule has 0 unspecified atom stereocenters. The number of amides is 1. The van der Waals surface area contributed by atoms with Crippen LogP contribution in [0.25, 0.3) is 10.9 Å². The van der Waals surface area contributed by atoms with Crippen molar-refractivity contribution in [3.05, 3.63) is 70.8 Å². The van der Waals surface area contributed by atoms with Gasteiger partial charge in [0.25, 0.3) is 5.56 Å². The van der Waals surface area contributed by atoms with Crippen LogP contribution in [0.1, 0.15) is 43.0 Å². The van der Waals surface area contributed by atoms with Gasteiger partial charge in [-0.2, -0.15) is 0 Å². The highest BCUT2D eigenvalue weighted by Gasteiger charge is 2.13. The number of rotatable bonds is 10. The zero-order valence-electron chi connectivity index (χ0n) is 17.9. The molecule has 8 heteroatoms. The average molecular weight is 435 g/mol. The number of nitrogens with one attached hydrogen (secondary N) is 1. The van der Waals surface area contributed by atoms with E-state index < -0.39 is 12.6 Å². The number of ether oxygens (including phenoxy) is 1. The van der Waals surface area contributed by atoms with E-state index in [4.69, 9.17) is 4.74 Å². The van der Waals surface area contributed by atoms with Crippen molar-refractivity contribution in [2.45, 2.75) is 39.2 Å². The highest BCUT2D eigenvalue weighted by Crippen LogP contribution is 2.12. The molecule has 0 radical (unpaired) electrons. The second kappa shape index (κ2) is 11.0. The van der Waals surface area contributed by atoms with Crippen LogP contribution >= 0.6 is 0 Å². The largest absolute Gasteiger partial charge is 0.456 e. The first-order valence-corrected chi connectivity index (χ1v) is 10.5. The van der Waals surface area contributed by atoms with Gasteiger partial charge in [0.05, 0.1) is 17.2 Å². The number of fused-ring (bicyclic) bond motifs is 1. The molecule has 0 saturated carbocycles. The van der Waals surface area contributed by atoms with Gasteiger partial charge < -0.3 is 10.1 Å². The smallest absolute Gasteiger partial charge is 0.326 e. The number of esters is 1. The van der Waals surface area contributed by atoms with Crippen molar-refractivity contribution >= 4 is 34.3 Å². The minimum Gasteiger partial charge on any atom is -0.456 e. The molecule has 3 rings (SSSR count). The minimum absolute atomic E-state index is 0.0649. The molecular weight excluding hydrogens is 410 g/mol. The predicted molar refractivity (Wildman–Crippen MR) is 121 cm³/mol. The van der Waals surface area contributed by atoms with Crippen molar-refractivity contribution in [3.8, 4) is 0 Å². The van der Waals surface area contributed by atoms with Crippen molar-refractivity contribution in [2.75, 3.05) is 11.9 Å². The lowest BCUT2D eigenvalue weighted by Crippen LogP contribution is -2.26. The third-order valence-corrected chi connectivity index (χ3v) is 4.89. The number of Topliss-reactive ketones (excluding diaryl/α,β-unsaturated/α-hetero) is 1. The monoisotopic (exact) mass is 435 g/mol. The van der Waals surface area contributed by atoms with E-state index in [-0.39, 0.29) is 23.8 Å². The summed E-state index contributed by atoms with van der Waals surface area (Å²) in [5.74, 6) is -1.17. The second-order valence-corrected chi connectivity index (χ2v) is 7.36. The Bertz CT molecular complexity index is 1170. The normalized spacial score (nSPS) is 10.7. The van der Waals surface area contributed by atoms with E-state index in [0.717, 1.165) is 23.8 Å². The maximum absolute atomic E-state index is 12.4. The number of nitrogens with zero attached hydrogens (tertiary/aromatic N) is 2. The summed E-state index contributed by atoms with van der Waals surface area (Å²) in [6.45, 7) is 1.29. The van der Waals surface area contributed by atoms with Crippen LogP contribution in [-0.4, -0.2) is 33.8 Å². The summed E-state index contributed by atoms with van der Waals surface area (Å²) >= 11 is 0. The van der Waals surface area contributed by atoms with Gasteiger partial charge in [-0.25, -0.2) is 4.98 Å². The molecule has 0 saturated heterocycles. The van der Waals surface area contributed by atoms with E-state index in [9.17, 15) is 19.2 Å².